The number of para-hydroxylation sites is 1. The summed E-state index contributed by atoms with van der Waals surface area (Å²) in [6, 6.07) is 18.3. The lowest BCUT2D eigenvalue weighted by Gasteiger charge is -2.08. The summed E-state index contributed by atoms with van der Waals surface area (Å²) in [6.45, 7) is 5.88. The van der Waals surface area contributed by atoms with E-state index in [1.165, 1.54) is 5.56 Å². The number of nitrogens with one attached hydrogen (secondary N) is 1. The first-order valence-electron chi connectivity index (χ1n) is 8.91. The van der Waals surface area contributed by atoms with Crippen LogP contribution in [0, 0.1) is 6.92 Å². The van der Waals surface area contributed by atoms with Crippen LogP contribution < -0.4 is 5.32 Å². The van der Waals surface area contributed by atoms with Gasteiger partial charge in [-0.2, -0.15) is 0 Å². The van der Waals surface area contributed by atoms with E-state index in [1.807, 2.05) is 63.2 Å². The number of nitrogens with zero attached hydrogens (tertiary/aromatic N) is 3. The Hall–Kier alpha value is -2.95. The van der Waals surface area contributed by atoms with Crippen molar-refractivity contribution in [2.75, 3.05) is 0 Å². The topological polar surface area (TPSA) is 59.8 Å². The second kappa shape index (κ2) is 7.95. The van der Waals surface area contributed by atoms with Gasteiger partial charge in [-0.25, -0.2) is 9.67 Å². The van der Waals surface area contributed by atoms with Crippen LogP contribution >= 0.6 is 0 Å². The normalized spacial score (nSPS) is 10.9. The zero-order valence-corrected chi connectivity index (χ0v) is 15.4. The molecule has 3 aromatic rings. The van der Waals surface area contributed by atoms with Crippen LogP contribution in [0.4, 0.5) is 0 Å². The van der Waals surface area contributed by atoms with Crippen molar-refractivity contribution < 1.29 is 4.79 Å². The highest BCUT2D eigenvalue weighted by Crippen LogP contribution is 2.16. The molecule has 0 aliphatic carbocycles. The predicted molar refractivity (Wildman–Crippen MR) is 103 cm³/mol. The smallest absolute Gasteiger partial charge is 0.291 e. The van der Waals surface area contributed by atoms with Gasteiger partial charge in [0.1, 0.15) is 5.82 Å². The first-order chi connectivity index (χ1) is 12.5. The summed E-state index contributed by atoms with van der Waals surface area (Å²) in [5, 5.41) is 7.36. The molecule has 134 valence electrons. The molecule has 0 spiro atoms. The Bertz CT molecular complexity index is 884. The van der Waals surface area contributed by atoms with Crippen molar-refractivity contribution in [2.45, 2.75) is 39.7 Å². The number of aromatic nitrogens is 3. The number of carbonyl (C=O) groups is 1. The third-order valence-electron chi connectivity index (χ3n) is 4.12. The van der Waals surface area contributed by atoms with Crippen LogP contribution in [-0.2, 0) is 12.8 Å². The van der Waals surface area contributed by atoms with Gasteiger partial charge in [0.05, 0.1) is 5.69 Å². The van der Waals surface area contributed by atoms with Gasteiger partial charge >= 0.3 is 0 Å². The molecule has 5 heteroatoms. The maximum Gasteiger partial charge on any atom is 0.291 e. The van der Waals surface area contributed by atoms with Gasteiger partial charge in [-0.3, -0.25) is 4.79 Å². The monoisotopic (exact) mass is 348 g/mol. The maximum absolute atomic E-state index is 12.4. The summed E-state index contributed by atoms with van der Waals surface area (Å²) in [5.74, 6) is 0.760. The largest absolute Gasteiger partial charge is 0.347 e. The Morgan fingerprint density at radius 1 is 1.04 bits per heavy atom. The Kier molecular flexibility index (Phi) is 5.46. The standard InChI is InChI=1S/C21H24N4O/c1-15(2)22-21(26)20-23-19(14-13-17-10-5-4-6-11-17)25(24-20)18-12-8-7-9-16(18)3/h4-12,15H,13-14H2,1-3H3,(H,22,26). The van der Waals surface area contributed by atoms with Crippen molar-refractivity contribution >= 4 is 5.91 Å². The van der Waals surface area contributed by atoms with Crippen LogP contribution in [0.3, 0.4) is 0 Å². The first kappa shape index (κ1) is 17.9. The summed E-state index contributed by atoms with van der Waals surface area (Å²) in [5.41, 5.74) is 3.28. The molecule has 0 saturated carbocycles. The van der Waals surface area contributed by atoms with Crippen LogP contribution in [0.1, 0.15) is 41.4 Å². The molecule has 3 rings (SSSR count). The maximum atomic E-state index is 12.4. The van der Waals surface area contributed by atoms with Gasteiger partial charge in [0.15, 0.2) is 0 Å². The third kappa shape index (κ3) is 4.17. The van der Waals surface area contributed by atoms with Gasteiger partial charge in [0.25, 0.3) is 5.91 Å². The average molecular weight is 348 g/mol. The quantitative estimate of drug-likeness (QED) is 0.742. The summed E-state index contributed by atoms with van der Waals surface area (Å²) in [4.78, 5) is 16.9. The molecular formula is C21H24N4O. The lowest BCUT2D eigenvalue weighted by molar-refractivity contribution is 0.0932. The number of amides is 1. The van der Waals surface area contributed by atoms with E-state index < -0.39 is 0 Å². The van der Waals surface area contributed by atoms with Gasteiger partial charge in [-0.05, 0) is 44.4 Å². The fraction of sp³-hybridized carbons (Fsp3) is 0.286. The summed E-state index contributed by atoms with van der Waals surface area (Å²) in [6.07, 6.45) is 1.55. The van der Waals surface area contributed by atoms with Crippen LogP contribution in [0.25, 0.3) is 5.69 Å². The second-order valence-corrected chi connectivity index (χ2v) is 6.66. The van der Waals surface area contributed by atoms with Crippen molar-refractivity contribution in [3.05, 3.63) is 77.4 Å². The zero-order valence-electron chi connectivity index (χ0n) is 15.4. The molecule has 0 radical (unpaired) electrons. The van der Waals surface area contributed by atoms with E-state index in [4.69, 9.17) is 0 Å². The van der Waals surface area contributed by atoms with Gasteiger partial charge in [-0.15, -0.1) is 5.10 Å². The molecule has 0 fully saturated rings. The third-order valence-corrected chi connectivity index (χ3v) is 4.12. The van der Waals surface area contributed by atoms with Crippen LogP contribution in [0.15, 0.2) is 54.6 Å². The molecule has 26 heavy (non-hydrogen) atoms. The van der Waals surface area contributed by atoms with Crippen LogP contribution in [-0.4, -0.2) is 26.7 Å². The minimum absolute atomic E-state index is 0.0423. The molecule has 1 N–H and O–H groups in total. The lowest BCUT2D eigenvalue weighted by atomic mass is 10.1. The summed E-state index contributed by atoms with van der Waals surface area (Å²) < 4.78 is 1.80. The van der Waals surface area contributed by atoms with Crippen molar-refractivity contribution in [1.29, 1.82) is 0 Å². The fourth-order valence-corrected chi connectivity index (χ4v) is 2.82. The first-order valence-corrected chi connectivity index (χ1v) is 8.91. The number of rotatable bonds is 6. The number of hydrogen-bond donors (Lipinski definition) is 1. The molecule has 1 amide bonds. The molecule has 1 aromatic heterocycles. The van der Waals surface area contributed by atoms with E-state index in [2.05, 4.69) is 27.5 Å². The van der Waals surface area contributed by atoms with E-state index in [1.54, 1.807) is 4.68 Å². The molecule has 0 aliphatic heterocycles. The highest BCUT2D eigenvalue weighted by atomic mass is 16.2. The van der Waals surface area contributed by atoms with Crippen molar-refractivity contribution in [3.8, 4) is 5.69 Å². The van der Waals surface area contributed by atoms with Crippen LogP contribution in [0.5, 0.6) is 0 Å². The predicted octanol–water partition coefficient (Wildman–Crippen LogP) is 3.50. The van der Waals surface area contributed by atoms with Crippen molar-refractivity contribution in [2.24, 2.45) is 0 Å². The highest BCUT2D eigenvalue weighted by molar-refractivity contribution is 5.90. The van der Waals surface area contributed by atoms with Gasteiger partial charge in [-0.1, -0.05) is 48.5 Å². The highest BCUT2D eigenvalue weighted by Gasteiger charge is 2.18. The van der Waals surface area contributed by atoms with Crippen molar-refractivity contribution in [3.63, 3.8) is 0 Å². The molecule has 0 unspecified atom stereocenters. The van der Waals surface area contributed by atoms with E-state index >= 15 is 0 Å². The number of benzene rings is 2. The zero-order chi connectivity index (χ0) is 18.5. The SMILES string of the molecule is Cc1ccccc1-n1nc(C(=O)NC(C)C)nc1CCc1ccccc1. The second-order valence-electron chi connectivity index (χ2n) is 6.66. The molecule has 1 heterocycles. The van der Waals surface area contributed by atoms with E-state index in [-0.39, 0.29) is 17.8 Å². The fourth-order valence-electron chi connectivity index (χ4n) is 2.82. The Morgan fingerprint density at radius 3 is 2.42 bits per heavy atom. The molecule has 0 atom stereocenters. The van der Waals surface area contributed by atoms with Gasteiger partial charge in [0, 0.05) is 12.5 Å². The van der Waals surface area contributed by atoms with Crippen LogP contribution in [0.2, 0.25) is 0 Å². The Morgan fingerprint density at radius 2 is 1.73 bits per heavy atom. The van der Waals surface area contributed by atoms with E-state index in [9.17, 15) is 4.79 Å². The molecule has 0 aliphatic rings. The Balaban J connectivity index is 1.93. The molecular weight excluding hydrogens is 324 g/mol. The van der Waals surface area contributed by atoms with Crippen molar-refractivity contribution in [1.82, 2.24) is 20.1 Å². The molecule has 5 nitrogen and oxygen atoms in total. The number of aryl methyl sites for hydroxylation is 3. The van der Waals surface area contributed by atoms with E-state index in [0.717, 1.165) is 23.5 Å². The minimum Gasteiger partial charge on any atom is -0.347 e. The number of carbonyl (C=O) groups excluding carboxylic acids is 1. The van der Waals surface area contributed by atoms with Gasteiger partial charge < -0.3 is 5.32 Å². The average Bonchev–Trinajstić information content (AvgIpc) is 3.05. The van der Waals surface area contributed by atoms with E-state index in [0.29, 0.717) is 6.42 Å². The molecule has 2 aromatic carbocycles. The lowest BCUT2D eigenvalue weighted by Crippen LogP contribution is -2.31. The number of hydrogen-bond acceptors (Lipinski definition) is 3. The summed E-state index contributed by atoms with van der Waals surface area (Å²) >= 11 is 0. The summed E-state index contributed by atoms with van der Waals surface area (Å²) in [7, 11) is 0. The minimum atomic E-state index is -0.242. The van der Waals surface area contributed by atoms with Gasteiger partial charge in [0.2, 0.25) is 5.82 Å². The Labute approximate surface area is 154 Å². The molecule has 0 saturated heterocycles. The molecule has 0 bridgehead atoms.